The number of para-hydroxylation sites is 1. The van der Waals surface area contributed by atoms with Crippen molar-refractivity contribution in [2.45, 2.75) is 33.1 Å². The Morgan fingerprint density at radius 1 is 1.19 bits per heavy atom. The van der Waals surface area contributed by atoms with Crippen LogP contribution in [0, 0.1) is 25.2 Å². The molecule has 0 radical (unpaired) electrons. The molecular weight excluding hydrogens is 332 g/mol. The summed E-state index contributed by atoms with van der Waals surface area (Å²) < 4.78 is 10.7. The van der Waals surface area contributed by atoms with Crippen LogP contribution in [-0.4, -0.2) is 24.2 Å². The Morgan fingerprint density at radius 2 is 1.92 bits per heavy atom. The fourth-order valence-electron chi connectivity index (χ4n) is 2.67. The number of rotatable bonds is 8. The lowest BCUT2D eigenvalue weighted by Gasteiger charge is -2.11. The van der Waals surface area contributed by atoms with Crippen LogP contribution in [0.1, 0.15) is 35.2 Å². The number of carbonyl (C=O) groups excluding carboxylic acids is 1. The Morgan fingerprint density at radius 3 is 2.62 bits per heavy atom. The van der Waals surface area contributed by atoms with Crippen molar-refractivity contribution in [1.29, 1.82) is 5.26 Å². The fraction of sp³-hybridized carbons (Fsp3) is 0.350. The first-order chi connectivity index (χ1) is 12.5. The number of aromatic nitrogens is 1. The van der Waals surface area contributed by atoms with E-state index in [2.05, 4.69) is 4.98 Å². The number of H-pyrrole nitrogens is 1. The zero-order chi connectivity index (χ0) is 18.9. The summed E-state index contributed by atoms with van der Waals surface area (Å²) in [6.07, 6.45) is 1.22. The van der Waals surface area contributed by atoms with Crippen LogP contribution < -0.4 is 10.3 Å². The molecule has 0 bridgehead atoms. The summed E-state index contributed by atoms with van der Waals surface area (Å²) in [5.74, 6) is 0.476. The van der Waals surface area contributed by atoms with Crippen molar-refractivity contribution in [2.75, 3.05) is 13.2 Å². The average Bonchev–Trinajstić information content (AvgIpc) is 2.62. The standard InChI is InChI=1S/C20H22N2O4/c1-14-17(15(2)22-20(24)18(14)13-21)9-10-19(23)26-12-6-11-25-16-7-4-3-5-8-16/h3-5,7-8H,6,9-12H2,1-2H3,(H,22,24). The van der Waals surface area contributed by atoms with Gasteiger partial charge in [-0.3, -0.25) is 9.59 Å². The molecule has 0 spiro atoms. The van der Waals surface area contributed by atoms with Gasteiger partial charge in [0.15, 0.2) is 0 Å². The van der Waals surface area contributed by atoms with Gasteiger partial charge in [-0.2, -0.15) is 5.26 Å². The molecule has 1 heterocycles. The summed E-state index contributed by atoms with van der Waals surface area (Å²) >= 11 is 0. The first-order valence-electron chi connectivity index (χ1n) is 8.49. The molecule has 0 fully saturated rings. The van der Waals surface area contributed by atoms with E-state index in [1.807, 2.05) is 36.4 Å². The van der Waals surface area contributed by atoms with Crippen molar-refractivity contribution in [3.63, 3.8) is 0 Å². The van der Waals surface area contributed by atoms with Gasteiger partial charge in [0.05, 0.1) is 13.2 Å². The third kappa shape index (κ3) is 5.21. The van der Waals surface area contributed by atoms with Gasteiger partial charge in [0.1, 0.15) is 17.4 Å². The summed E-state index contributed by atoms with van der Waals surface area (Å²) in [7, 11) is 0. The van der Waals surface area contributed by atoms with E-state index < -0.39 is 5.56 Å². The smallest absolute Gasteiger partial charge is 0.306 e. The number of esters is 1. The Bertz CT molecular complexity index is 851. The van der Waals surface area contributed by atoms with Gasteiger partial charge in [-0.1, -0.05) is 18.2 Å². The van der Waals surface area contributed by atoms with Crippen LogP contribution in [0.4, 0.5) is 0 Å². The second kappa shape index (κ2) is 9.42. The molecule has 6 nitrogen and oxygen atoms in total. The van der Waals surface area contributed by atoms with Crippen LogP contribution >= 0.6 is 0 Å². The summed E-state index contributed by atoms with van der Waals surface area (Å²) in [6.45, 7) is 4.25. The van der Waals surface area contributed by atoms with E-state index in [0.717, 1.165) is 11.3 Å². The van der Waals surface area contributed by atoms with E-state index in [1.54, 1.807) is 13.8 Å². The van der Waals surface area contributed by atoms with E-state index in [-0.39, 0.29) is 18.0 Å². The van der Waals surface area contributed by atoms with Gasteiger partial charge in [0.2, 0.25) is 0 Å². The van der Waals surface area contributed by atoms with E-state index in [0.29, 0.717) is 37.3 Å². The number of hydrogen-bond acceptors (Lipinski definition) is 5. The van der Waals surface area contributed by atoms with Gasteiger partial charge in [0.25, 0.3) is 5.56 Å². The van der Waals surface area contributed by atoms with Crippen LogP contribution in [0.5, 0.6) is 5.75 Å². The second-order valence-electron chi connectivity index (χ2n) is 5.91. The number of aromatic amines is 1. The first-order valence-corrected chi connectivity index (χ1v) is 8.49. The molecule has 2 rings (SSSR count). The second-order valence-corrected chi connectivity index (χ2v) is 5.91. The molecule has 0 aliphatic heterocycles. The lowest BCUT2D eigenvalue weighted by Crippen LogP contribution is -2.17. The topological polar surface area (TPSA) is 92.2 Å². The third-order valence-corrected chi connectivity index (χ3v) is 4.06. The van der Waals surface area contributed by atoms with Crippen molar-refractivity contribution >= 4 is 5.97 Å². The molecule has 0 aliphatic carbocycles. The molecule has 26 heavy (non-hydrogen) atoms. The number of pyridine rings is 1. The van der Waals surface area contributed by atoms with Crippen LogP contribution in [0.15, 0.2) is 35.1 Å². The third-order valence-electron chi connectivity index (χ3n) is 4.06. The molecule has 0 unspecified atom stereocenters. The van der Waals surface area contributed by atoms with Crippen molar-refractivity contribution in [1.82, 2.24) is 4.98 Å². The lowest BCUT2D eigenvalue weighted by molar-refractivity contribution is -0.143. The quantitative estimate of drug-likeness (QED) is 0.581. The Hall–Kier alpha value is -3.07. The maximum Gasteiger partial charge on any atom is 0.306 e. The molecule has 1 N–H and O–H groups in total. The normalized spacial score (nSPS) is 10.2. The highest BCUT2D eigenvalue weighted by molar-refractivity contribution is 5.69. The van der Waals surface area contributed by atoms with Gasteiger partial charge in [-0.05, 0) is 43.5 Å². The van der Waals surface area contributed by atoms with Gasteiger partial charge < -0.3 is 14.5 Å². The average molecular weight is 354 g/mol. The summed E-state index contributed by atoms with van der Waals surface area (Å²) in [6, 6.07) is 11.4. The van der Waals surface area contributed by atoms with Gasteiger partial charge in [0, 0.05) is 18.5 Å². The van der Waals surface area contributed by atoms with E-state index in [1.165, 1.54) is 0 Å². The molecule has 2 aromatic rings. The molecule has 0 atom stereocenters. The highest BCUT2D eigenvalue weighted by Crippen LogP contribution is 2.15. The number of benzene rings is 1. The minimum absolute atomic E-state index is 0.0945. The molecule has 136 valence electrons. The molecule has 1 aromatic heterocycles. The number of ether oxygens (including phenoxy) is 2. The van der Waals surface area contributed by atoms with Gasteiger partial charge in [-0.25, -0.2) is 0 Å². The zero-order valence-corrected chi connectivity index (χ0v) is 15.0. The Labute approximate surface area is 152 Å². The molecule has 6 heteroatoms. The van der Waals surface area contributed by atoms with Crippen molar-refractivity contribution < 1.29 is 14.3 Å². The monoisotopic (exact) mass is 354 g/mol. The van der Waals surface area contributed by atoms with Crippen LogP contribution in [0.2, 0.25) is 0 Å². The highest BCUT2D eigenvalue weighted by atomic mass is 16.5. The predicted molar refractivity (Wildman–Crippen MR) is 97.1 cm³/mol. The van der Waals surface area contributed by atoms with Gasteiger partial charge >= 0.3 is 5.97 Å². The molecule has 0 amide bonds. The summed E-state index contributed by atoms with van der Waals surface area (Å²) in [5, 5.41) is 9.07. The number of hydrogen-bond donors (Lipinski definition) is 1. The largest absolute Gasteiger partial charge is 0.493 e. The van der Waals surface area contributed by atoms with Crippen LogP contribution in [0.3, 0.4) is 0 Å². The molecule has 1 aromatic carbocycles. The number of aryl methyl sites for hydroxylation is 1. The van der Waals surface area contributed by atoms with Crippen LogP contribution in [-0.2, 0) is 16.0 Å². The molecule has 0 saturated carbocycles. The predicted octanol–water partition coefficient (Wildman–Crippen LogP) is 2.81. The highest BCUT2D eigenvalue weighted by Gasteiger charge is 2.13. The van der Waals surface area contributed by atoms with E-state index in [4.69, 9.17) is 14.7 Å². The molecular formula is C20H22N2O4. The fourth-order valence-corrected chi connectivity index (χ4v) is 2.67. The van der Waals surface area contributed by atoms with Crippen LogP contribution in [0.25, 0.3) is 0 Å². The molecule has 0 saturated heterocycles. The number of nitriles is 1. The van der Waals surface area contributed by atoms with E-state index >= 15 is 0 Å². The number of nitrogens with zero attached hydrogens (tertiary/aromatic N) is 1. The number of nitrogens with one attached hydrogen (secondary N) is 1. The summed E-state index contributed by atoms with van der Waals surface area (Å²) in [4.78, 5) is 26.3. The Kier molecular flexibility index (Phi) is 6.98. The molecule has 0 aliphatic rings. The zero-order valence-electron chi connectivity index (χ0n) is 15.0. The first kappa shape index (κ1) is 19.3. The number of carbonyl (C=O) groups is 1. The minimum Gasteiger partial charge on any atom is -0.493 e. The summed E-state index contributed by atoms with van der Waals surface area (Å²) in [5.41, 5.74) is 1.81. The Balaban J connectivity index is 1.76. The maximum absolute atomic E-state index is 11.9. The van der Waals surface area contributed by atoms with Crippen molar-refractivity contribution in [3.05, 3.63) is 63.1 Å². The lowest BCUT2D eigenvalue weighted by atomic mass is 9.99. The van der Waals surface area contributed by atoms with Gasteiger partial charge in [-0.15, -0.1) is 0 Å². The van der Waals surface area contributed by atoms with Crippen molar-refractivity contribution in [3.8, 4) is 11.8 Å². The maximum atomic E-state index is 11.9. The SMILES string of the molecule is Cc1[nH]c(=O)c(C#N)c(C)c1CCC(=O)OCCCOc1ccccc1. The van der Waals surface area contributed by atoms with Crippen molar-refractivity contribution in [2.24, 2.45) is 0 Å². The minimum atomic E-state index is -0.396. The van der Waals surface area contributed by atoms with E-state index in [9.17, 15) is 9.59 Å².